The number of amides is 1. The molecule has 0 radical (unpaired) electrons. The Bertz CT molecular complexity index is 1020. The molecule has 1 aromatic heterocycles. The number of primary sulfonamides is 1. The first-order valence-electron chi connectivity index (χ1n) is 7.46. The van der Waals surface area contributed by atoms with E-state index in [-0.39, 0.29) is 10.5 Å². The lowest BCUT2D eigenvalue weighted by Gasteiger charge is -2.16. The van der Waals surface area contributed by atoms with E-state index in [2.05, 4.69) is 9.97 Å². The Kier molecular flexibility index (Phi) is 4.76. The molecule has 3 rings (SSSR count). The van der Waals surface area contributed by atoms with Gasteiger partial charge in [-0.05, 0) is 24.3 Å². The van der Waals surface area contributed by atoms with Gasteiger partial charge in [0.2, 0.25) is 10.0 Å². The van der Waals surface area contributed by atoms with Crippen molar-refractivity contribution in [2.45, 2.75) is 4.90 Å². The number of aromatic nitrogens is 2. The molecule has 2 aromatic carbocycles. The van der Waals surface area contributed by atoms with Crippen molar-refractivity contribution < 1.29 is 13.2 Å². The molecule has 1 heterocycles. The van der Waals surface area contributed by atoms with Crippen molar-refractivity contribution in [1.29, 1.82) is 0 Å². The summed E-state index contributed by atoms with van der Waals surface area (Å²) in [6.45, 7) is 0. The number of hydrogen-bond donors (Lipinski definition) is 2. The summed E-state index contributed by atoms with van der Waals surface area (Å²) in [7, 11) is -3.81. The minimum atomic E-state index is -3.81. The summed E-state index contributed by atoms with van der Waals surface area (Å²) < 4.78 is 22.5. The molecule has 0 aliphatic heterocycles. The van der Waals surface area contributed by atoms with E-state index in [4.69, 9.17) is 11.0 Å². The monoisotopic (exact) mass is 369 g/mol. The number of nitrogens with zero attached hydrogens (tertiary/aromatic N) is 3. The highest BCUT2D eigenvalue weighted by atomic mass is 32.2. The van der Waals surface area contributed by atoms with Gasteiger partial charge in [-0.3, -0.25) is 4.79 Å². The van der Waals surface area contributed by atoms with E-state index < -0.39 is 15.9 Å². The predicted octanol–water partition coefficient (Wildman–Crippen LogP) is 1.31. The van der Waals surface area contributed by atoms with Gasteiger partial charge in [0.15, 0.2) is 5.82 Å². The summed E-state index contributed by atoms with van der Waals surface area (Å²) in [4.78, 5) is 20.7. The molecule has 9 heteroatoms. The van der Waals surface area contributed by atoms with Gasteiger partial charge in [-0.1, -0.05) is 30.3 Å². The molecule has 0 saturated carbocycles. The summed E-state index contributed by atoms with van der Waals surface area (Å²) in [5.41, 5.74) is 1.33. The Balaban J connectivity index is 1.80. The molecule has 0 atom stereocenters. The van der Waals surface area contributed by atoms with Crippen LogP contribution in [0.4, 0.5) is 5.69 Å². The third-order valence-corrected chi connectivity index (χ3v) is 4.52. The molecular formula is C17H15N5O3S. The Morgan fingerprint density at radius 3 is 2.04 bits per heavy atom. The molecule has 132 valence electrons. The minimum absolute atomic E-state index is 0.0716. The van der Waals surface area contributed by atoms with Crippen molar-refractivity contribution in [3.63, 3.8) is 0 Å². The second kappa shape index (κ2) is 7.00. The number of hydrazine groups is 1. The lowest BCUT2D eigenvalue weighted by molar-refractivity contribution is 0.0986. The van der Waals surface area contributed by atoms with Gasteiger partial charge in [-0.15, -0.1) is 0 Å². The highest BCUT2D eigenvalue weighted by Gasteiger charge is 2.16. The van der Waals surface area contributed by atoms with Crippen LogP contribution in [-0.4, -0.2) is 24.3 Å². The van der Waals surface area contributed by atoms with E-state index in [0.29, 0.717) is 11.5 Å². The zero-order chi connectivity index (χ0) is 18.7. The van der Waals surface area contributed by atoms with E-state index in [0.717, 1.165) is 10.6 Å². The maximum absolute atomic E-state index is 12.5. The Labute approximate surface area is 150 Å². The first kappa shape index (κ1) is 17.7. The topological polar surface area (TPSA) is 132 Å². The second-order valence-corrected chi connectivity index (χ2v) is 6.94. The second-order valence-electron chi connectivity index (χ2n) is 5.38. The van der Waals surface area contributed by atoms with Gasteiger partial charge in [-0.25, -0.2) is 34.4 Å². The van der Waals surface area contributed by atoms with Gasteiger partial charge in [-0.2, -0.15) is 0 Å². The molecule has 8 nitrogen and oxygen atoms in total. The average molecular weight is 369 g/mol. The van der Waals surface area contributed by atoms with E-state index in [1.807, 2.05) is 30.3 Å². The standard InChI is InChI=1S/C17H15N5O3S/c18-22(14-6-8-15(9-7-14)26(19,24)25)17(23)13-10-20-16(21-11-13)12-4-2-1-3-5-12/h1-11H,18H2,(H2,19,24,25). The smallest absolute Gasteiger partial charge is 0.267 e. The number of carbonyl (C=O) groups is 1. The molecule has 4 N–H and O–H groups in total. The molecular weight excluding hydrogens is 354 g/mol. The van der Waals surface area contributed by atoms with Crippen LogP contribution in [0.15, 0.2) is 71.9 Å². The van der Waals surface area contributed by atoms with Crippen LogP contribution in [-0.2, 0) is 10.0 Å². The van der Waals surface area contributed by atoms with Crippen molar-refractivity contribution >= 4 is 21.6 Å². The van der Waals surface area contributed by atoms with Crippen LogP contribution in [0.25, 0.3) is 11.4 Å². The Morgan fingerprint density at radius 2 is 1.50 bits per heavy atom. The molecule has 0 saturated heterocycles. The Hall–Kier alpha value is -3.14. The summed E-state index contributed by atoms with van der Waals surface area (Å²) >= 11 is 0. The fourth-order valence-electron chi connectivity index (χ4n) is 2.23. The summed E-state index contributed by atoms with van der Waals surface area (Å²) in [5.74, 6) is 5.78. The van der Waals surface area contributed by atoms with E-state index >= 15 is 0 Å². The number of anilines is 1. The predicted molar refractivity (Wildman–Crippen MR) is 96.3 cm³/mol. The van der Waals surface area contributed by atoms with Crippen molar-refractivity contribution in [2.24, 2.45) is 11.0 Å². The summed E-state index contributed by atoms with van der Waals surface area (Å²) in [6.07, 6.45) is 2.77. The zero-order valence-electron chi connectivity index (χ0n) is 13.5. The third-order valence-electron chi connectivity index (χ3n) is 3.59. The molecule has 3 aromatic rings. The fraction of sp³-hybridized carbons (Fsp3) is 0. The molecule has 0 aliphatic rings. The molecule has 0 fully saturated rings. The quantitative estimate of drug-likeness (QED) is 0.405. The number of benzene rings is 2. The van der Waals surface area contributed by atoms with Gasteiger partial charge < -0.3 is 0 Å². The molecule has 0 bridgehead atoms. The highest BCUT2D eigenvalue weighted by molar-refractivity contribution is 7.89. The van der Waals surface area contributed by atoms with Crippen LogP contribution in [0.2, 0.25) is 0 Å². The summed E-state index contributed by atoms with van der Waals surface area (Å²) in [5, 5.41) is 5.92. The number of hydrogen-bond acceptors (Lipinski definition) is 6. The minimum Gasteiger partial charge on any atom is -0.267 e. The van der Waals surface area contributed by atoms with Gasteiger partial charge in [0, 0.05) is 18.0 Å². The van der Waals surface area contributed by atoms with Crippen molar-refractivity contribution in [3.05, 3.63) is 72.6 Å². The van der Waals surface area contributed by atoms with Gasteiger partial charge in [0.05, 0.1) is 16.1 Å². The molecule has 0 aliphatic carbocycles. The molecule has 0 spiro atoms. The third kappa shape index (κ3) is 3.75. The number of nitrogens with two attached hydrogens (primary N) is 2. The van der Waals surface area contributed by atoms with E-state index in [1.165, 1.54) is 36.7 Å². The number of sulfonamides is 1. The lowest BCUT2D eigenvalue weighted by atomic mass is 10.2. The summed E-state index contributed by atoms with van der Waals surface area (Å²) in [6, 6.07) is 14.6. The molecule has 1 amide bonds. The van der Waals surface area contributed by atoms with Crippen LogP contribution in [0, 0.1) is 0 Å². The van der Waals surface area contributed by atoms with Gasteiger partial charge in [0.1, 0.15) is 0 Å². The van der Waals surface area contributed by atoms with Crippen LogP contribution >= 0.6 is 0 Å². The van der Waals surface area contributed by atoms with Crippen LogP contribution < -0.4 is 16.0 Å². The average Bonchev–Trinajstić information content (AvgIpc) is 2.67. The maximum Gasteiger partial charge on any atom is 0.275 e. The number of carbonyl (C=O) groups excluding carboxylic acids is 1. The zero-order valence-corrected chi connectivity index (χ0v) is 14.3. The molecule has 0 unspecified atom stereocenters. The SMILES string of the molecule is NN(C(=O)c1cnc(-c2ccccc2)nc1)c1ccc(S(N)(=O)=O)cc1. The fourth-order valence-corrected chi connectivity index (χ4v) is 2.74. The highest BCUT2D eigenvalue weighted by Crippen LogP contribution is 2.18. The maximum atomic E-state index is 12.5. The number of rotatable bonds is 4. The normalized spacial score (nSPS) is 11.2. The van der Waals surface area contributed by atoms with E-state index in [9.17, 15) is 13.2 Å². The van der Waals surface area contributed by atoms with Crippen molar-refractivity contribution in [3.8, 4) is 11.4 Å². The van der Waals surface area contributed by atoms with Gasteiger partial charge in [0.25, 0.3) is 5.91 Å². The molecule has 26 heavy (non-hydrogen) atoms. The largest absolute Gasteiger partial charge is 0.275 e. The first-order chi connectivity index (χ1) is 12.4. The van der Waals surface area contributed by atoms with Crippen LogP contribution in [0.5, 0.6) is 0 Å². The van der Waals surface area contributed by atoms with Crippen molar-refractivity contribution in [2.75, 3.05) is 5.01 Å². The lowest BCUT2D eigenvalue weighted by Crippen LogP contribution is -2.37. The van der Waals surface area contributed by atoms with E-state index in [1.54, 1.807) is 0 Å². The van der Waals surface area contributed by atoms with Crippen LogP contribution in [0.1, 0.15) is 10.4 Å². The first-order valence-corrected chi connectivity index (χ1v) is 9.00. The van der Waals surface area contributed by atoms with Crippen LogP contribution in [0.3, 0.4) is 0 Å². The Morgan fingerprint density at radius 1 is 0.923 bits per heavy atom. The van der Waals surface area contributed by atoms with Gasteiger partial charge >= 0.3 is 0 Å². The van der Waals surface area contributed by atoms with Crippen molar-refractivity contribution in [1.82, 2.24) is 9.97 Å².